The molecule has 2 atom stereocenters. The van der Waals surface area contributed by atoms with Crippen molar-refractivity contribution in [2.45, 2.75) is 58.6 Å². The highest BCUT2D eigenvalue weighted by atomic mass is 79.9. The van der Waals surface area contributed by atoms with Crippen LogP contribution >= 0.6 is 15.9 Å². The van der Waals surface area contributed by atoms with Gasteiger partial charge in [-0.05, 0) is 59.8 Å². The molecule has 0 bridgehead atoms. The fraction of sp³-hybridized carbons (Fsp3) is 0.625. The summed E-state index contributed by atoms with van der Waals surface area (Å²) in [5, 5.41) is 0. The molecule has 2 unspecified atom stereocenters. The van der Waals surface area contributed by atoms with Crippen LogP contribution in [0.15, 0.2) is 16.6 Å². The number of ether oxygens (including phenoxy) is 2. The van der Waals surface area contributed by atoms with Gasteiger partial charge in [-0.1, -0.05) is 20.3 Å². The molecule has 0 saturated carbocycles. The molecule has 114 valence electrons. The lowest BCUT2D eigenvalue weighted by Gasteiger charge is -2.19. The first kappa shape index (κ1) is 17.3. The molecule has 1 aromatic rings. The predicted molar refractivity (Wildman–Crippen MR) is 87.7 cm³/mol. The van der Waals surface area contributed by atoms with E-state index in [2.05, 4.69) is 42.8 Å². The van der Waals surface area contributed by atoms with Crippen LogP contribution in [0.2, 0.25) is 0 Å². The van der Waals surface area contributed by atoms with Crippen LogP contribution < -0.4 is 15.2 Å². The molecule has 0 saturated heterocycles. The quantitative estimate of drug-likeness (QED) is 0.764. The summed E-state index contributed by atoms with van der Waals surface area (Å²) in [4.78, 5) is 0. The smallest absolute Gasteiger partial charge is 0.175 e. The number of hydrogen-bond donors (Lipinski definition) is 1. The molecule has 3 nitrogen and oxygen atoms in total. The van der Waals surface area contributed by atoms with E-state index in [9.17, 15) is 0 Å². The summed E-state index contributed by atoms with van der Waals surface area (Å²) in [6, 6.07) is 4.28. The molecule has 0 amide bonds. The van der Waals surface area contributed by atoms with Gasteiger partial charge in [0.05, 0.1) is 17.7 Å². The monoisotopic (exact) mass is 343 g/mol. The van der Waals surface area contributed by atoms with Crippen LogP contribution in [-0.4, -0.2) is 19.3 Å². The van der Waals surface area contributed by atoms with Crippen LogP contribution in [-0.2, 0) is 6.42 Å². The minimum Gasteiger partial charge on any atom is -0.493 e. The van der Waals surface area contributed by atoms with E-state index >= 15 is 0 Å². The van der Waals surface area contributed by atoms with E-state index in [4.69, 9.17) is 15.2 Å². The molecule has 0 aliphatic heterocycles. The Morgan fingerprint density at radius 2 is 2.00 bits per heavy atom. The van der Waals surface area contributed by atoms with Gasteiger partial charge in [0.1, 0.15) is 0 Å². The summed E-state index contributed by atoms with van der Waals surface area (Å²) in [5.41, 5.74) is 7.18. The van der Waals surface area contributed by atoms with Gasteiger partial charge >= 0.3 is 0 Å². The molecule has 2 N–H and O–H groups in total. The first-order valence-electron chi connectivity index (χ1n) is 7.30. The molecule has 0 fully saturated rings. The van der Waals surface area contributed by atoms with Crippen molar-refractivity contribution >= 4 is 15.9 Å². The van der Waals surface area contributed by atoms with Gasteiger partial charge in [-0.3, -0.25) is 0 Å². The van der Waals surface area contributed by atoms with E-state index in [1.165, 1.54) is 5.56 Å². The van der Waals surface area contributed by atoms with E-state index < -0.39 is 0 Å². The molecule has 0 heterocycles. The molecule has 1 aromatic carbocycles. The molecule has 4 heteroatoms. The summed E-state index contributed by atoms with van der Waals surface area (Å²) < 4.78 is 12.4. The zero-order chi connectivity index (χ0) is 15.1. The van der Waals surface area contributed by atoms with Crippen molar-refractivity contribution in [3.05, 3.63) is 22.2 Å². The molecule has 0 aliphatic rings. The van der Waals surface area contributed by atoms with Crippen LogP contribution in [0.5, 0.6) is 11.5 Å². The third-order valence-electron chi connectivity index (χ3n) is 3.33. The van der Waals surface area contributed by atoms with Gasteiger partial charge in [0, 0.05) is 6.04 Å². The number of hydrogen-bond acceptors (Lipinski definition) is 3. The molecule has 0 aliphatic carbocycles. The first-order chi connectivity index (χ1) is 9.51. The van der Waals surface area contributed by atoms with Crippen molar-refractivity contribution in [3.63, 3.8) is 0 Å². The van der Waals surface area contributed by atoms with E-state index in [0.29, 0.717) is 0 Å². The third-order valence-corrected chi connectivity index (χ3v) is 3.91. The third kappa shape index (κ3) is 4.98. The fourth-order valence-corrected chi connectivity index (χ4v) is 2.70. The van der Waals surface area contributed by atoms with Gasteiger partial charge in [-0.2, -0.15) is 0 Å². The number of rotatable bonds is 8. The Labute approximate surface area is 131 Å². The molecular formula is C16H26BrNO2. The second-order valence-corrected chi connectivity index (χ2v) is 6.05. The molecule has 1 rings (SSSR count). The minimum atomic E-state index is 0.175. The van der Waals surface area contributed by atoms with E-state index in [0.717, 1.165) is 41.7 Å². The van der Waals surface area contributed by atoms with Gasteiger partial charge in [-0.25, -0.2) is 0 Å². The van der Waals surface area contributed by atoms with Crippen LogP contribution in [0, 0.1) is 0 Å². The Balaban J connectivity index is 2.95. The van der Waals surface area contributed by atoms with Crippen molar-refractivity contribution in [2.75, 3.05) is 7.11 Å². The van der Waals surface area contributed by atoms with Crippen LogP contribution in [0.1, 0.15) is 45.6 Å². The Bertz CT molecular complexity index is 423. The second-order valence-electron chi connectivity index (χ2n) is 5.20. The zero-order valence-corrected chi connectivity index (χ0v) is 14.5. The standard InChI is InChI=1S/C16H26BrNO2/c1-5-7-11(3)20-16-14(17)9-12(8-13(18)6-2)10-15(16)19-4/h9-11,13H,5-8,18H2,1-4H3. The lowest BCUT2D eigenvalue weighted by Crippen LogP contribution is -2.21. The van der Waals surface area contributed by atoms with Crippen molar-refractivity contribution in [3.8, 4) is 11.5 Å². The largest absolute Gasteiger partial charge is 0.493 e. The number of nitrogens with two attached hydrogens (primary N) is 1. The van der Waals surface area contributed by atoms with Crippen molar-refractivity contribution < 1.29 is 9.47 Å². The average Bonchev–Trinajstić information content (AvgIpc) is 2.41. The summed E-state index contributed by atoms with van der Waals surface area (Å²) in [5.74, 6) is 1.54. The fourth-order valence-electron chi connectivity index (χ4n) is 2.12. The lowest BCUT2D eigenvalue weighted by molar-refractivity contribution is 0.199. The normalized spacial score (nSPS) is 13.9. The number of benzene rings is 1. The van der Waals surface area contributed by atoms with Gasteiger partial charge in [0.25, 0.3) is 0 Å². The van der Waals surface area contributed by atoms with Crippen LogP contribution in [0.25, 0.3) is 0 Å². The molecule has 0 radical (unpaired) electrons. The Morgan fingerprint density at radius 1 is 1.30 bits per heavy atom. The summed E-state index contributed by atoms with van der Waals surface area (Å²) in [6.07, 6.45) is 4.11. The van der Waals surface area contributed by atoms with Crippen LogP contribution in [0.4, 0.5) is 0 Å². The minimum absolute atomic E-state index is 0.175. The van der Waals surface area contributed by atoms with Crippen molar-refractivity contribution in [2.24, 2.45) is 5.73 Å². The highest BCUT2D eigenvalue weighted by Crippen LogP contribution is 2.38. The maximum absolute atomic E-state index is 6.02. The highest BCUT2D eigenvalue weighted by molar-refractivity contribution is 9.10. The Kier molecular flexibility index (Phi) is 7.38. The first-order valence-corrected chi connectivity index (χ1v) is 8.09. The van der Waals surface area contributed by atoms with Crippen molar-refractivity contribution in [1.82, 2.24) is 0 Å². The van der Waals surface area contributed by atoms with Crippen molar-refractivity contribution in [1.29, 1.82) is 0 Å². The SMILES string of the molecule is CCCC(C)Oc1c(Br)cc(CC(N)CC)cc1OC. The second kappa shape index (κ2) is 8.53. The van der Waals surface area contributed by atoms with Gasteiger partial charge < -0.3 is 15.2 Å². The van der Waals surface area contributed by atoms with Gasteiger partial charge in [0.2, 0.25) is 0 Å². The Morgan fingerprint density at radius 3 is 2.55 bits per heavy atom. The van der Waals surface area contributed by atoms with E-state index in [-0.39, 0.29) is 12.1 Å². The average molecular weight is 344 g/mol. The van der Waals surface area contributed by atoms with Gasteiger partial charge in [-0.15, -0.1) is 0 Å². The topological polar surface area (TPSA) is 44.5 Å². The summed E-state index contributed by atoms with van der Waals surface area (Å²) >= 11 is 3.58. The number of halogens is 1. The zero-order valence-electron chi connectivity index (χ0n) is 12.9. The Hall–Kier alpha value is -0.740. The molecular weight excluding hydrogens is 318 g/mol. The number of methoxy groups -OCH3 is 1. The van der Waals surface area contributed by atoms with E-state index in [1.807, 2.05) is 6.07 Å². The van der Waals surface area contributed by atoms with Crippen LogP contribution in [0.3, 0.4) is 0 Å². The maximum atomic E-state index is 6.02. The molecule has 0 aromatic heterocycles. The predicted octanol–water partition coefficient (Wildman–Crippen LogP) is 4.30. The lowest BCUT2D eigenvalue weighted by atomic mass is 10.0. The highest BCUT2D eigenvalue weighted by Gasteiger charge is 2.15. The summed E-state index contributed by atoms with van der Waals surface area (Å²) in [7, 11) is 1.67. The molecule has 0 spiro atoms. The van der Waals surface area contributed by atoms with E-state index in [1.54, 1.807) is 7.11 Å². The maximum Gasteiger partial charge on any atom is 0.175 e. The van der Waals surface area contributed by atoms with Gasteiger partial charge in [0.15, 0.2) is 11.5 Å². The molecule has 20 heavy (non-hydrogen) atoms. The summed E-state index contributed by atoms with van der Waals surface area (Å²) in [6.45, 7) is 6.33.